The Morgan fingerprint density at radius 3 is 3.00 bits per heavy atom. The highest BCUT2D eigenvalue weighted by Crippen LogP contribution is 2.40. The van der Waals surface area contributed by atoms with E-state index in [1.54, 1.807) is 0 Å². The maximum absolute atomic E-state index is 11.0. The van der Waals surface area contributed by atoms with Crippen LogP contribution in [0.1, 0.15) is 19.8 Å². The second-order valence-corrected chi connectivity index (χ2v) is 4.42. The monoisotopic (exact) mass is 256 g/mol. The number of allylic oxidation sites excluding steroid dienone is 2. The van der Waals surface area contributed by atoms with Gasteiger partial charge in [0.05, 0.1) is 5.03 Å². The molecule has 0 aromatic rings. The zero-order chi connectivity index (χ0) is 12.6. The highest BCUT2D eigenvalue weighted by molar-refractivity contribution is 6.32. The summed E-state index contributed by atoms with van der Waals surface area (Å²) >= 11 is 6.02. The van der Waals surface area contributed by atoms with Gasteiger partial charge in [-0.2, -0.15) is 0 Å². The van der Waals surface area contributed by atoms with Gasteiger partial charge in [0.15, 0.2) is 6.10 Å². The molecule has 0 saturated heterocycles. The van der Waals surface area contributed by atoms with Crippen molar-refractivity contribution >= 4 is 23.4 Å². The molecule has 2 atom stereocenters. The molecule has 17 heavy (non-hydrogen) atoms. The van der Waals surface area contributed by atoms with Gasteiger partial charge in [0.25, 0.3) is 0 Å². The zero-order valence-corrected chi connectivity index (χ0v) is 10.1. The van der Waals surface area contributed by atoms with Crippen molar-refractivity contribution in [1.29, 1.82) is 5.41 Å². The number of nitrogens with one attached hydrogen (secondary N) is 1. The van der Waals surface area contributed by atoms with Crippen molar-refractivity contribution in [3.63, 3.8) is 0 Å². The van der Waals surface area contributed by atoms with E-state index < -0.39 is 6.10 Å². The Morgan fingerprint density at radius 1 is 1.71 bits per heavy atom. The second kappa shape index (κ2) is 4.41. The molecule has 2 unspecified atom stereocenters. The first kappa shape index (κ1) is 12.0. The van der Waals surface area contributed by atoms with Crippen LogP contribution in [0.3, 0.4) is 0 Å². The summed E-state index contributed by atoms with van der Waals surface area (Å²) < 4.78 is 10.5. The average Bonchev–Trinajstić information content (AvgIpc) is 2.62. The third-order valence-corrected chi connectivity index (χ3v) is 3.14. The van der Waals surface area contributed by atoms with Gasteiger partial charge in [-0.25, -0.2) is 0 Å². The zero-order valence-electron chi connectivity index (χ0n) is 9.33. The summed E-state index contributed by atoms with van der Waals surface area (Å²) in [4.78, 5) is 11.0. The molecule has 0 aromatic heterocycles. The first-order valence-electron chi connectivity index (χ1n) is 5.26. The molecular weight excluding hydrogens is 244 g/mol. The normalized spacial score (nSPS) is 27.1. The first-order valence-corrected chi connectivity index (χ1v) is 5.64. The van der Waals surface area contributed by atoms with Gasteiger partial charge in [0.1, 0.15) is 18.2 Å². The third-order valence-electron chi connectivity index (χ3n) is 2.82. The molecule has 0 radical (unpaired) electrons. The summed E-state index contributed by atoms with van der Waals surface area (Å²) in [6, 6.07) is 0. The number of esters is 1. The SMILES string of the molecule is CC(=O)OC1CCC2=C1C(C(=N)N)OC=C2Cl. The topological polar surface area (TPSA) is 85.4 Å². The third kappa shape index (κ3) is 2.15. The van der Waals surface area contributed by atoms with Gasteiger partial charge in [0, 0.05) is 12.5 Å². The minimum atomic E-state index is -0.667. The first-order chi connectivity index (χ1) is 8.00. The molecule has 2 rings (SSSR count). The van der Waals surface area contributed by atoms with Crippen LogP contribution in [-0.2, 0) is 14.3 Å². The average molecular weight is 257 g/mol. The Hall–Kier alpha value is -1.49. The van der Waals surface area contributed by atoms with Crippen LogP contribution in [-0.4, -0.2) is 24.0 Å². The number of carbonyl (C=O) groups is 1. The van der Waals surface area contributed by atoms with Crippen molar-refractivity contribution in [1.82, 2.24) is 0 Å². The van der Waals surface area contributed by atoms with Crippen LogP contribution in [0, 0.1) is 5.41 Å². The minimum Gasteiger partial charge on any atom is -0.484 e. The van der Waals surface area contributed by atoms with Crippen molar-refractivity contribution < 1.29 is 14.3 Å². The van der Waals surface area contributed by atoms with Crippen molar-refractivity contribution in [3.8, 4) is 0 Å². The highest BCUT2D eigenvalue weighted by Gasteiger charge is 2.38. The quantitative estimate of drug-likeness (QED) is 0.445. The van der Waals surface area contributed by atoms with Gasteiger partial charge >= 0.3 is 5.97 Å². The second-order valence-electron chi connectivity index (χ2n) is 4.01. The maximum atomic E-state index is 11.0. The lowest BCUT2D eigenvalue weighted by molar-refractivity contribution is -0.144. The summed E-state index contributed by atoms with van der Waals surface area (Å²) in [5.74, 6) is -0.478. The fourth-order valence-corrected chi connectivity index (χ4v) is 2.44. The standard InChI is InChI=1S/C11H13ClN2O3/c1-5(15)17-8-3-2-6-7(12)4-16-10(9(6)8)11(13)14/h4,8,10H,2-3H2,1H3,(H3,13,14). The van der Waals surface area contributed by atoms with Crippen LogP contribution in [0.4, 0.5) is 0 Å². The van der Waals surface area contributed by atoms with Gasteiger partial charge in [-0.1, -0.05) is 11.6 Å². The Bertz CT molecular complexity index is 442. The molecule has 0 amide bonds. The van der Waals surface area contributed by atoms with Crippen molar-refractivity contribution in [2.75, 3.05) is 0 Å². The lowest BCUT2D eigenvalue weighted by Gasteiger charge is -2.26. The van der Waals surface area contributed by atoms with Gasteiger partial charge in [-0.3, -0.25) is 10.2 Å². The maximum Gasteiger partial charge on any atom is 0.303 e. The van der Waals surface area contributed by atoms with E-state index in [1.807, 2.05) is 0 Å². The molecule has 0 spiro atoms. The number of ether oxygens (including phenoxy) is 2. The van der Waals surface area contributed by atoms with Crippen molar-refractivity contribution in [2.45, 2.75) is 32.0 Å². The van der Waals surface area contributed by atoms with E-state index in [0.29, 0.717) is 23.4 Å². The molecule has 2 aliphatic rings. The van der Waals surface area contributed by atoms with E-state index in [2.05, 4.69) is 0 Å². The van der Waals surface area contributed by atoms with Crippen LogP contribution in [0.2, 0.25) is 0 Å². The highest BCUT2D eigenvalue weighted by atomic mass is 35.5. The predicted molar refractivity (Wildman–Crippen MR) is 62.5 cm³/mol. The predicted octanol–water partition coefficient (Wildman–Crippen LogP) is 1.42. The number of carbonyl (C=O) groups excluding carboxylic acids is 1. The Kier molecular flexibility index (Phi) is 3.11. The fourth-order valence-electron chi connectivity index (χ4n) is 2.19. The summed E-state index contributed by atoms with van der Waals surface area (Å²) in [6.07, 6.45) is 1.69. The fraction of sp³-hybridized carbons (Fsp3) is 0.455. The number of halogens is 1. The van der Waals surface area contributed by atoms with E-state index in [4.69, 9.17) is 32.2 Å². The number of hydrogen-bond donors (Lipinski definition) is 2. The van der Waals surface area contributed by atoms with Gasteiger partial charge in [0.2, 0.25) is 0 Å². The molecule has 1 aliphatic heterocycles. The Morgan fingerprint density at radius 2 is 2.41 bits per heavy atom. The molecular formula is C11H13ClN2O3. The number of amidine groups is 1. The van der Waals surface area contributed by atoms with Crippen LogP contribution < -0.4 is 5.73 Å². The molecule has 0 aromatic carbocycles. The molecule has 3 N–H and O–H groups in total. The van der Waals surface area contributed by atoms with Crippen molar-refractivity contribution in [2.24, 2.45) is 5.73 Å². The van der Waals surface area contributed by atoms with E-state index >= 15 is 0 Å². The van der Waals surface area contributed by atoms with Crippen LogP contribution >= 0.6 is 11.6 Å². The van der Waals surface area contributed by atoms with E-state index in [-0.39, 0.29) is 17.9 Å². The van der Waals surface area contributed by atoms with Crippen LogP contribution in [0.15, 0.2) is 22.4 Å². The van der Waals surface area contributed by atoms with E-state index in [0.717, 1.165) is 5.57 Å². The molecule has 5 nitrogen and oxygen atoms in total. The Balaban J connectivity index is 2.33. The van der Waals surface area contributed by atoms with E-state index in [1.165, 1.54) is 13.2 Å². The summed E-state index contributed by atoms with van der Waals surface area (Å²) in [5.41, 5.74) is 7.06. The molecule has 92 valence electrons. The van der Waals surface area contributed by atoms with E-state index in [9.17, 15) is 4.79 Å². The summed E-state index contributed by atoms with van der Waals surface area (Å²) in [7, 11) is 0. The molecule has 0 fully saturated rings. The number of hydrogen-bond acceptors (Lipinski definition) is 4. The van der Waals surface area contributed by atoms with Gasteiger partial charge in [-0.15, -0.1) is 0 Å². The molecule has 1 heterocycles. The van der Waals surface area contributed by atoms with Crippen molar-refractivity contribution in [3.05, 3.63) is 22.4 Å². The van der Waals surface area contributed by atoms with Gasteiger partial charge < -0.3 is 15.2 Å². The molecule has 0 bridgehead atoms. The van der Waals surface area contributed by atoms with Gasteiger partial charge in [-0.05, 0) is 18.4 Å². The smallest absolute Gasteiger partial charge is 0.303 e. The molecule has 6 heteroatoms. The minimum absolute atomic E-state index is 0.114. The van der Waals surface area contributed by atoms with Crippen LogP contribution in [0.25, 0.3) is 0 Å². The molecule has 0 saturated carbocycles. The largest absolute Gasteiger partial charge is 0.484 e. The molecule has 1 aliphatic carbocycles. The number of rotatable bonds is 2. The lowest BCUT2D eigenvalue weighted by atomic mass is 10.0. The Labute approximate surface area is 104 Å². The summed E-state index contributed by atoms with van der Waals surface area (Å²) in [6.45, 7) is 1.35. The number of nitrogens with two attached hydrogens (primary N) is 1. The van der Waals surface area contributed by atoms with Crippen LogP contribution in [0.5, 0.6) is 0 Å². The summed E-state index contributed by atoms with van der Waals surface area (Å²) in [5, 5.41) is 7.98. The lowest BCUT2D eigenvalue weighted by Crippen LogP contribution is -2.37.